The third-order valence-corrected chi connectivity index (χ3v) is 7.87. The Labute approximate surface area is 243 Å². The van der Waals surface area contributed by atoms with Crippen molar-refractivity contribution in [3.05, 3.63) is 46.8 Å². The van der Waals surface area contributed by atoms with Crippen LogP contribution in [-0.2, 0) is 10.2 Å². The second-order valence-electron chi connectivity index (χ2n) is 11.5. The number of hydrogen-bond acceptors (Lipinski definition) is 8. The van der Waals surface area contributed by atoms with Crippen LogP contribution in [0.5, 0.6) is 0 Å². The quantitative estimate of drug-likeness (QED) is 0.228. The Morgan fingerprint density at radius 1 is 1.20 bits per heavy atom. The topological polar surface area (TPSA) is 151 Å². The molecule has 4 rings (SSSR count). The maximum Gasteiger partial charge on any atom is 0.319 e. The zero-order valence-corrected chi connectivity index (χ0v) is 25.2. The third-order valence-electron chi connectivity index (χ3n) is 7.26. The number of urea groups is 1. The molecule has 3 aromatic rings. The van der Waals surface area contributed by atoms with Gasteiger partial charge in [-0.15, -0.1) is 0 Å². The molecule has 2 amide bonds. The van der Waals surface area contributed by atoms with Crippen LogP contribution in [0.15, 0.2) is 41.3 Å². The lowest BCUT2D eigenvalue weighted by atomic mass is 9.87. The van der Waals surface area contributed by atoms with Crippen molar-refractivity contribution in [3.8, 4) is 0 Å². The van der Waals surface area contributed by atoms with Gasteiger partial charge in [-0.3, -0.25) is 4.90 Å². The zero-order valence-electron chi connectivity index (χ0n) is 23.6. The molecule has 12 heteroatoms. The molecular formula is C28H40BrN7O4. The minimum absolute atomic E-state index is 0.0545. The molecular weight excluding hydrogens is 578 g/mol. The van der Waals surface area contributed by atoms with E-state index in [0.717, 1.165) is 5.69 Å². The Balaban J connectivity index is 1.30. The van der Waals surface area contributed by atoms with Crippen molar-refractivity contribution in [2.24, 2.45) is 0 Å². The number of amides is 2. The minimum Gasteiger partial charge on any atom is -0.387 e. The minimum atomic E-state index is -1.15. The maximum atomic E-state index is 12.4. The molecule has 0 aliphatic carbocycles. The average molecular weight is 619 g/mol. The van der Waals surface area contributed by atoms with Gasteiger partial charge in [-0.1, -0.05) is 32.9 Å². The molecule has 218 valence electrons. The first-order valence-corrected chi connectivity index (χ1v) is 14.3. The van der Waals surface area contributed by atoms with Crippen molar-refractivity contribution in [3.63, 3.8) is 0 Å². The van der Waals surface area contributed by atoms with E-state index in [1.165, 1.54) is 11.9 Å². The Kier molecular flexibility index (Phi) is 9.36. The van der Waals surface area contributed by atoms with Gasteiger partial charge >= 0.3 is 6.03 Å². The molecule has 6 N–H and O–H groups in total. The van der Waals surface area contributed by atoms with Crippen LogP contribution in [0.4, 0.5) is 16.3 Å². The number of nitrogens with one attached hydrogen (secondary N) is 2. The van der Waals surface area contributed by atoms with Gasteiger partial charge in [-0.2, -0.15) is 0 Å². The number of hydrogen-bond donors (Lipinski definition) is 5. The molecule has 1 fully saturated rings. The highest BCUT2D eigenvalue weighted by Crippen LogP contribution is 2.36. The van der Waals surface area contributed by atoms with E-state index in [-0.39, 0.29) is 17.5 Å². The summed E-state index contributed by atoms with van der Waals surface area (Å²) in [7, 11) is 0. The van der Waals surface area contributed by atoms with Gasteiger partial charge in [0.15, 0.2) is 6.23 Å². The molecule has 0 unspecified atom stereocenters. The van der Waals surface area contributed by atoms with Crippen molar-refractivity contribution in [2.45, 2.75) is 77.0 Å². The second-order valence-corrected chi connectivity index (χ2v) is 12.4. The molecule has 1 saturated heterocycles. The van der Waals surface area contributed by atoms with E-state index in [1.54, 1.807) is 10.8 Å². The van der Waals surface area contributed by atoms with Gasteiger partial charge in [0.1, 0.15) is 36.1 Å². The summed E-state index contributed by atoms with van der Waals surface area (Å²) in [6.45, 7) is 12.1. The van der Waals surface area contributed by atoms with E-state index in [0.29, 0.717) is 47.4 Å². The van der Waals surface area contributed by atoms with Gasteiger partial charge in [-0.25, -0.2) is 14.8 Å². The number of anilines is 2. The fraction of sp³-hybridized carbons (Fsp3) is 0.536. The number of nitrogens with two attached hydrogens (primary N) is 1. The van der Waals surface area contributed by atoms with Crippen molar-refractivity contribution >= 4 is 44.5 Å². The number of aromatic nitrogens is 3. The van der Waals surface area contributed by atoms with Crippen molar-refractivity contribution in [1.29, 1.82) is 0 Å². The second kappa shape index (κ2) is 12.4. The number of nitrogen functional groups attached to an aromatic ring is 1. The molecule has 0 saturated carbocycles. The van der Waals surface area contributed by atoms with Crippen molar-refractivity contribution in [1.82, 2.24) is 24.8 Å². The smallest absolute Gasteiger partial charge is 0.319 e. The largest absolute Gasteiger partial charge is 0.387 e. The Morgan fingerprint density at radius 2 is 1.90 bits per heavy atom. The molecule has 0 spiro atoms. The number of nitrogens with zero attached hydrogens (tertiary/aromatic N) is 4. The Morgan fingerprint density at radius 3 is 2.55 bits per heavy atom. The molecule has 4 atom stereocenters. The summed E-state index contributed by atoms with van der Waals surface area (Å²) >= 11 is 3.48. The molecule has 0 bridgehead atoms. The highest BCUT2D eigenvalue weighted by molar-refractivity contribution is 9.10. The van der Waals surface area contributed by atoms with E-state index >= 15 is 0 Å². The molecule has 1 aliphatic rings. The number of aliphatic hydroxyl groups excluding tert-OH is 2. The average Bonchev–Trinajstić information content (AvgIpc) is 3.37. The van der Waals surface area contributed by atoms with E-state index in [9.17, 15) is 15.0 Å². The number of aliphatic hydroxyl groups is 2. The van der Waals surface area contributed by atoms with Crippen molar-refractivity contribution < 1.29 is 19.7 Å². The van der Waals surface area contributed by atoms with Crippen LogP contribution in [0.25, 0.3) is 11.0 Å². The third kappa shape index (κ3) is 6.74. The van der Waals surface area contributed by atoms with E-state index in [1.807, 2.05) is 24.3 Å². The first-order chi connectivity index (χ1) is 18.9. The molecule has 40 heavy (non-hydrogen) atoms. The summed E-state index contributed by atoms with van der Waals surface area (Å²) in [5.41, 5.74) is 8.52. The van der Waals surface area contributed by atoms with Crippen LogP contribution in [-0.4, -0.2) is 79.7 Å². The normalized spacial score (nSPS) is 21.4. The van der Waals surface area contributed by atoms with Crippen molar-refractivity contribution in [2.75, 3.05) is 30.7 Å². The molecule has 1 aromatic carbocycles. The van der Waals surface area contributed by atoms with Crippen LogP contribution >= 0.6 is 15.9 Å². The summed E-state index contributed by atoms with van der Waals surface area (Å²) in [6, 6.07) is 7.78. The number of benzene rings is 1. The van der Waals surface area contributed by atoms with Crippen LogP contribution in [0.2, 0.25) is 0 Å². The summed E-state index contributed by atoms with van der Waals surface area (Å²) in [4.78, 5) is 22.9. The zero-order chi connectivity index (χ0) is 29.2. The number of carbonyl (C=O) groups excluding carboxylic acids is 1. The van der Waals surface area contributed by atoms with Crippen LogP contribution in [0.1, 0.15) is 52.8 Å². The summed E-state index contributed by atoms with van der Waals surface area (Å²) in [5, 5.41) is 28.1. The number of carbonyl (C=O) groups is 1. The van der Waals surface area contributed by atoms with E-state index in [4.69, 9.17) is 10.5 Å². The van der Waals surface area contributed by atoms with Crippen LogP contribution in [0.3, 0.4) is 0 Å². The number of ether oxygens (including phenoxy) is 1. The van der Waals surface area contributed by atoms with Crippen LogP contribution < -0.4 is 16.4 Å². The number of fused-ring (bicyclic) bond motifs is 1. The first kappa shape index (κ1) is 30.2. The monoisotopic (exact) mass is 617 g/mol. The Bertz CT molecular complexity index is 1310. The standard InChI is InChI=1S/C28H40BrN7O4/c1-16(2)35(12-6-11-31-27(39)34-18-9-7-17(8-10-18)28(3,4)5)14-20-22(37)23(38)26(40-20)36-13-19(29)21-24(30)32-15-33-25(21)36/h7-10,13,15-16,20,22-23,26,37-38H,6,11-12,14H2,1-5H3,(H2,30,32,33)(H2,31,34,39)/t20-,22-,23-,26-/m1/s1. The van der Waals surface area contributed by atoms with Gasteiger partial charge in [0.2, 0.25) is 0 Å². The van der Waals surface area contributed by atoms with Crippen LogP contribution in [0, 0.1) is 0 Å². The lowest BCUT2D eigenvalue weighted by Crippen LogP contribution is -2.44. The summed E-state index contributed by atoms with van der Waals surface area (Å²) in [6.07, 6.45) is 0.0947. The van der Waals surface area contributed by atoms with Gasteiger partial charge in [0.25, 0.3) is 0 Å². The number of halogens is 1. The molecule has 0 radical (unpaired) electrons. The highest BCUT2D eigenvalue weighted by Gasteiger charge is 2.45. The molecule has 1 aliphatic heterocycles. The molecule has 3 heterocycles. The van der Waals surface area contributed by atoms with Gasteiger partial charge < -0.3 is 35.9 Å². The van der Waals surface area contributed by atoms with E-state index < -0.39 is 24.5 Å². The van der Waals surface area contributed by atoms with Gasteiger partial charge in [0.05, 0.1) is 5.39 Å². The maximum absolute atomic E-state index is 12.4. The lowest BCUT2D eigenvalue weighted by molar-refractivity contribution is -0.0466. The van der Waals surface area contributed by atoms with Gasteiger partial charge in [-0.05, 0) is 59.3 Å². The number of rotatable bonds is 9. The molecule has 11 nitrogen and oxygen atoms in total. The Hall–Kier alpha value is -2.77. The summed E-state index contributed by atoms with van der Waals surface area (Å²) < 4.78 is 8.52. The predicted octanol–water partition coefficient (Wildman–Crippen LogP) is 3.61. The lowest BCUT2D eigenvalue weighted by Gasteiger charge is -2.30. The fourth-order valence-electron chi connectivity index (χ4n) is 4.87. The highest BCUT2D eigenvalue weighted by atomic mass is 79.9. The van der Waals surface area contributed by atoms with Gasteiger partial charge in [0, 0.05) is 42.0 Å². The fourth-order valence-corrected chi connectivity index (χ4v) is 5.47. The van der Waals surface area contributed by atoms with E-state index in [2.05, 4.69) is 76.1 Å². The molecule has 2 aromatic heterocycles. The first-order valence-electron chi connectivity index (χ1n) is 13.5. The predicted molar refractivity (Wildman–Crippen MR) is 159 cm³/mol. The SMILES string of the molecule is CC(C)N(CCCNC(=O)Nc1ccc(C(C)(C)C)cc1)C[C@H]1O[C@@H](n2cc(Br)c3c(N)ncnc32)[C@H](O)[C@@H]1O. The summed E-state index contributed by atoms with van der Waals surface area (Å²) in [5.74, 6) is 0.312.